The van der Waals surface area contributed by atoms with Crippen molar-refractivity contribution in [1.29, 1.82) is 0 Å². The van der Waals surface area contributed by atoms with Crippen LogP contribution in [0.5, 0.6) is 11.5 Å². The quantitative estimate of drug-likeness (QED) is 0.558. The minimum atomic E-state index is -0.127. The first kappa shape index (κ1) is 21.4. The number of thioether (sulfide) groups is 1. The van der Waals surface area contributed by atoms with Gasteiger partial charge in [0, 0.05) is 0 Å². The Morgan fingerprint density at radius 3 is 2.62 bits per heavy atom. The summed E-state index contributed by atoms with van der Waals surface area (Å²) in [6.07, 6.45) is 2.19. The molecule has 0 radical (unpaired) electrons. The molecule has 1 aromatic heterocycles. The number of rotatable bonds is 11. The predicted octanol–water partition coefficient (Wildman–Crippen LogP) is 3.41. The molecule has 0 spiro atoms. The number of hydrogen-bond acceptors (Lipinski definition) is 7. The first-order valence-electron chi connectivity index (χ1n) is 10.1. The van der Waals surface area contributed by atoms with Gasteiger partial charge in [-0.1, -0.05) is 31.7 Å². The van der Waals surface area contributed by atoms with E-state index in [2.05, 4.69) is 34.7 Å². The molecular weight excluding hydrogens is 390 g/mol. The van der Waals surface area contributed by atoms with Gasteiger partial charge in [-0.25, -0.2) is 4.68 Å². The third-order valence-electron chi connectivity index (χ3n) is 4.60. The van der Waals surface area contributed by atoms with Crippen LogP contribution >= 0.6 is 11.8 Å². The van der Waals surface area contributed by atoms with E-state index in [1.165, 1.54) is 11.8 Å². The fraction of sp³-hybridized carbons (Fsp3) is 0.600. The van der Waals surface area contributed by atoms with E-state index in [9.17, 15) is 4.79 Å². The molecule has 3 rings (SSSR count). The van der Waals surface area contributed by atoms with Crippen LogP contribution in [0.1, 0.15) is 58.2 Å². The summed E-state index contributed by atoms with van der Waals surface area (Å²) in [5.41, 5.74) is 0.994. The average molecular weight is 420 g/mol. The van der Waals surface area contributed by atoms with E-state index >= 15 is 0 Å². The lowest BCUT2D eigenvalue weighted by atomic mass is 9.95. The van der Waals surface area contributed by atoms with Crippen molar-refractivity contribution in [3.63, 3.8) is 0 Å². The Morgan fingerprint density at radius 1 is 1.24 bits per heavy atom. The number of benzene rings is 1. The van der Waals surface area contributed by atoms with Gasteiger partial charge >= 0.3 is 0 Å². The van der Waals surface area contributed by atoms with E-state index in [0.717, 1.165) is 24.2 Å². The van der Waals surface area contributed by atoms with E-state index in [-0.39, 0.29) is 23.6 Å². The first-order chi connectivity index (χ1) is 14.0. The van der Waals surface area contributed by atoms with Crippen LogP contribution in [0.25, 0.3) is 0 Å². The Morgan fingerprint density at radius 2 is 1.97 bits per heavy atom. The molecule has 1 amide bonds. The number of carbonyl (C=O) groups excluding carboxylic acids is 1. The SMILES string of the molecule is CCOc1ccc(C(NC(=O)CSc2nnnn2C2CC2)C(C)C)cc1OCC. The van der Waals surface area contributed by atoms with Crippen LogP contribution in [0.15, 0.2) is 23.4 Å². The topological polar surface area (TPSA) is 91.2 Å². The summed E-state index contributed by atoms with van der Waals surface area (Å²) < 4.78 is 13.2. The molecule has 0 saturated heterocycles. The van der Waals surface area contributed by atoms with Gasteiger partial charge in [-0.2, -0.15) is 0 Å². The fourth-order valence-corrected chi connectivity index (χ4v) is 3.83. The number of carbonyl (C=O) groups is 1. The van der Waals surface area contributed by atoms with Gasteiger partial charge in [0.25, 0.3) is 0 Å². The van der Waals surface area contributed by atoms with E-state index < -0.39 is 0 Å². The Balaban J connectivity index is 1.66. The van der Waals surface area contributed by atoms with Crippen molar-refractivity contribution in [3.8, 4) is 11.5 Å². The van der Waals surface area contributed by atoms with E-state index in [0.29, 0.717) is 30.2 Å². The van der Waals surface area contributed by atoms with Crippen molar-refractivity contribution in [2.75, 3.05) is 19.0 Å². The minimum Gasteiger partial charge on any atom is -0.490 e. The zero-order valence-corrected chi connectivity index (χ0v) is 18.2. The molecule has 1 unspecified atom stereocenters. The van der Waals surface area contributed by atoms with Gasteiger partial charge in [-0.05, 0) is 60.7 Å². The fourth-order valence-electron chi connectivity index (χ4n) is 3.07. The molecule has 8 nitrogen and oxygen atoms in total. The number of nitrogens with one attached hydrogen (secondary N) is 1. The molecule has 1 atom stereocenters. The molecule has 1 aliphatic rings. The second-order valence-corrected chi connectivity index (χ2v) is 8.23. The number of aromatic nitrogens is 4. The van der Waals surface area contributed by atoms with Crippen LogP contribution in [-0.2, 0) is 4.79 Å². The zero-order chi connectivity index (χ0) is 20.8. The highest BCUT2D eigenvalue weighted by atomic mass is 32.2. The summed E-state index contributed by atoms with van der Waals surface area (Å²) in [4.78, 5) is 12.6. The van der Waals surface area contributed by atoms with E-state index in [4.69, 9.17) is 9.47 Å². The number of tetrazole rings is 1. The summed E-state index contributed by atoms with van der Waals surface area (Å²) in [6.45, 7) is 9.18. The Kier molecular flexibility index (Phi) is 7.35. The summed E-state index contributed by atoms with van der Waals surface area (Å²) in [5.74, 6) is 1.85. The van der Waals surface area contributed by atoms with Gasteiger partial charge in [0.2, 0.25) is 11.1 Å². The lowest BCUT2D eigenvalue weighted by Crippen LogP contribution is -2.33. The maximum absolute atomic E-state index is 12.6. The van der Waals surface area contributed by atoms with Crippen molar-refractivity contribution in [3.05, 3.63) is 23.8 Å². The van der Waals surface area contributed by atoms with Crippen molar-refractivity contribution in [2.45, 2.75) is 57.8 Å². The van der Waals surface area contributed by atoms with Crippen molar-refractivity contribution < 1.29 is 14.3 Å². The molecule has 1 saturated carbocycles. The molecule has 158 valence electrons. The molecule has 1 N–H and O–H groups in total. The lowest BCUT2D eigenvalue weighted by molar-refractivity contribution is -0.119. The van der Waals surface area contributed by atoms with E-state index in [1.807, 2.05) is 36.7 Å². The molecule has 1 heterocycles. The molecular formula is C20H29N5O3S. The standard InChI is InChI=1S/C20H29N5O3S/c1-5-27-16-10-7-14(11-17(16)28-6-2)19(13(3)4)21-18(26)12-29-20-22-23-24-25(20)15-8-9-15/h7,10-11,13,15,19H,5-6,8-9,12H2,1-4H3,(H,21,26). The maximum atomic E-state index is 12.6. The maximum Gasteiger partial charge on any atom is 0.230 e. The first-order valence-corrected chi connectivity index (χ1v) is 11.1. The number of hydrogen-bond donors (Lipinski definition) is 1. The molecule has 1 fully saturated rings. The van der Waals surface area contributed by atoms with E-state index in [1.54, 1.807) is 0 Å². The average Bonchev–Trinajstić information content (AvgIpc) is 3.43. The van der Waals surface area contributed by atoms with Crippen LogP contribution in [0.4, 0.5) is 0 Å². The third-order valence-corrected chi connectivity index (χ3v) is 5.53. The third kappa shape index (κ3) is 5.62. The van der Waals surface area contributed by atoms with Crippen molar-refractivity contribution in [1.82, 2.24) is 25.5 Å². The lowest BCUT2D eigenvalue weighted by Gasteiger charge is -2.24. The Labute approximate surface area is 175 Å². The Hall–Kier alpha value is -2.29. The van der Waals surface area contributed by atoms with Crippen LogP contribution in [0.3, 0.4) is 0 Å². The molecule has 2 aromatic rings. The predicted molar refractivity (Wildman–Crippen MR) is 111 cm³/mol. The summed E-state index contributed by atoms with van der Waals surface area (Å²) in [6, 6.07) is 6.11. The normalized spacial score (nSPS) is 14.7. The zero-order valence-electron chi connectivity index (χ0n) is 17.4. The van der Waals surface area contributed by atoms with Gasteiger partial charge < -0.3 is 14.8 Å². The monoisotopic (exact) mass is 419 g/mol. The van der Waals surface area contributed by atoms with Gasteiger partial charge in [-0.15, -0.1) is 5.10 Å². The summed E-state index contributed by atoms with van der Waals surface area (Å²) >= 11 is 1.37. The van der Waals surface area contributed by atoms with Crippen LogP contribution in [-0.4, -0.2) is 45.1 Å². The number of amides is 1. The van der Waals surface area contributed by atoms with Gasteiger partial charge in [0.15, 0.2) is 11.5 Å². The largest absolute Gasteiger partial charge is 0.490 e. The van der Waals surface area contributed by atoms with Crippen LogP contribution in [0, 0.1) is 5.92 Å². The van der Waals surface area contributed by atoms with Crippen LogP contribution < -0.4 is 14.8 Å². The second kappa shape index (κ2) is 9.96. The molecule has 0 bridgehead atoms. The minimum absolute atomic E-state index is 0.0501. The smallest absolute Gasteiger partial charge is 0.230 e. The molecule has 1 aromatic carbocycles. The van der Waals surface area contributed by atoms with Gasteiger partial charge in [-0.3, -0.25) is 4.79 Å². The summed E-state index contributed by atoms with van der Waals surface area (Å²) in [5, 5.41) is 15.6. The highest BCUT2D eigenvalue weighted by Gasteiger charge is 2.28. The highest BCUT2D eigenvalue weighted by Crippen LogP contribution is 2.36. The second-order valence-electron chi connectivity index (χ2n) is 7.29. The van der Waals surface area contributed by atoms with Crippen molar-refractivity contribution >= 4 is 17.7 Å². The highest BCUT2D eigenvalue weighted by molar-refractivity contribution is 7.99. The van der Waals surface area contributed by atoms with Gasteiger partial charge in [0.05, 0.1) is 31.1 Å². The Bertz CT molecular complexity index is 822. The number of ether oxygens (including phenoxy) is 2. The van der Waals surface area contributed by atoms with Gasteiger partial charge in [0.1, 0.15) is 0 Å². The van der Waals surface area contributed by atoms with Crippen LogP contribution in [0.2, 0.25) is 0 Å². The molecule has 9 heteroatoms. The summed E-state index contributed by atoms with van der Waals surface area (Å²) in [7, 11) is 0. The van der Waals surface area contributed by atoms with Crippen molar-refractivity contribution in [2.24, 2.45) is 5.92 Å². The molecule has 0 aliphatic heterocycles. The number of nitrogens with zero attached hydrogens (tertiary/aromatic N) is 4. The molecule has 29 heavy (non-hydrogen) atoms. The molecule has 1 aliphatic carbocycles.